The first-order valence-electron chi connectivity index (χ1n) is 10.3. The van der Waals surface area contributed by atoms with E-state index in [2.05, 4.69) is 10.2 Å². The van der Waals surface area contributed by atoms with Crippen LogP contribution in [0.3, 0.4) is 0 Å². The zero-order valence-electron chi connectivity index (χ0n) is 18.4. The standard InChI is InChI=1S/C19H21ClFN3O3S.C2HF3O2/c1-13-2-3-15(21)12-18(13)28(25,26)24-8-9-27-19-16(10-14(20)11-17(19)24)23-6-4-22-5-7-23;3-2(4,5)1(6)7/h2-3,10-12,22H,4-9H2,1H3;(H,6,7). The Labute approximate surface area is 204 Å². The highest BCUT2D eigenvalue weighted by atomic mass is 35.5. The fourth-order valence-corrected chi connectivity index (χ4v) is 5.50. The normalized spacial score (nSPS) is 16.1. The Morgan fingerprint density at radius 2 is 1.71 bits per heavy atom. The molecule has 0 saturated carbocycles. The number of alkyl halides is 3. The molecule has 192 valence electrons. The predicted octanol–water partition coefficient (Wildman–Crippen LogP) is 3.42. The fourth-order valence-electron chi connectivity index (χ4n) is 3.61. The lowest BCUT2D eigenvalue weighted by Crippen LogP contribution is -2.44. The number of benzene rings is 2. The van der Waals surface area contributed by atoms with Gasteiger partial charge in [-0.25, -0.2) is 17.6 Å². The van der Waals surface area contributed by atoms with E-state index in [1.54, 1.807) is 19.1 Å². The van der Waals surface area contributed by atoms with E-state index in [0.717, 1.165) is 37.9 Å². The minimum absolute atomic E-state index is 0.0518. The van der Waals surface area contributed by atoms with E-state index in [0.29, 0.717) is 22.0 Å². The summed E-state index contributed by atoms with van der Waals surface area (Å²) in [6.45, 7) is 5.18. The van der Waals surface area contributed by atoms with Crippen molar-refractivity contribution in [1.29, 1.82) is 0 Å². The van der Waals surface area contributed by atoms with Crippen LogP contribution in [0.1, 0.15) is 5.56 Å². The van der Waals surface area contributed by atoms with Gasteiger partial charge in [0.25, 0.3) is 10.0 Å². The molecular weight excluding hydrogens is 518 g/mol. The quantitative estimate of drug-likeness (QED) is 0.577. The van der Waals surface area contributed by atoms with Gasteiger partial charge < -0.3 is 20.1 Å². The van der Waals surface area contributed by atoms with Crippen LogP contribution >= 0.6 is 11.6 Å². The molecule has 2 heterocycles. The van der Waals surface area contributed by atoms with Crippen molar-refractivity contribution in [2.45, 2.75) is 18.0 Å². The number of carboxylic acid groups (broad SMARTS) is 1. The predicted molar refractivity (Wildman–Crippen MR) is 121 cm³/mol. The zero-order valence-corrected chi connectivity index (χ0v) is 20.0. The second-order valence-electron chi connectivity index (χ2n) is 7.65. The molecule has 1 saturated heterocycles. The molecule has 14 heteroatoms. The summed E-state index contributed by atoms with van der Waals surface area (Å²) in [6, 6.07) is 7.17. The number of aliphatic carboxylic acids is 1. The van der Waals surface area contributed by atoms with Crippen LogP contribution in [-0.2, 0) is 14.8 Å². The zero-order chi connectivity index (χ0) is 26.0. The van der Waals surface area contributed by atoms with Crippen LogP contribution in [0.5, 0.6) is 5.75 Å². The molecule has 2 aromatic carbocycles. The Morgan fingerprint density at radius 1 is 1.11 bits per heavy atom. The highest BCUT2D eigenvalue weighted by Crippen LogP contribution is 2.45. The minimum Gasteiger partial charge on any atom is -0.487 e. The summed E-state index contributed by atoms with van der Waals surface area (Å²) in [5.74, 6) is -2.85. The molecule has 2 aliphatic heterocycles. The summed E-state index contributed by atoms with van der Waals surface area (Å²) >= 11 is 6.34. The second-order valence-corrected chi connectivity index (χ2v) is 9.92. The number of hydrogen-bond acceptors (Lipinski definition) is 6. The summed E-state index contributed by atoms with van der Waals surface area (Å²) in [5.41, 5.74) is 1.65. The van der Waals surface area contributed by atoms with Crippen LogP contribution in [0.2, 0.25) is 5.02 Å². The number of piperazine rings is 1. The van der Waals surface area contributed by atoms with Crippen LogP contribution in [0.4, 0.5) is 28.9 Å². The lowest BCUT2D eigenvalue weighted by atomic mass is 10.2. The topological polar surface area (TPSA) is 99.2 Å². The Bertz CT molecular complexity index is 1200. The van der Waals surface area contributed by atoms with Crippen molar-refractivity contribution in [2.75, 3.05) is 48.5 Å². The molecule has 0 bridgehead atoms. The van der Waals surface area contributed by atoms with Crippen molar-refractivity contribution >= 4 is 39.0 Å². The molecule has 1 fully saturated rings. The third kappa shape index (κ3) is 6.08. The van der Waals surface area contributed by atoms with Gasteiger partial charge in [0.2, 0.25) is 0 Å². The molecule has 2 N–H and O–H groups in total. The van der Waals surface area contributed by atoms with Gasteiger partial charge in [0.15, 0.2) is 5.75 Å². The first-order chi connectivity index (χ1) is 16.3. The van der Waals surface area contributed by atoms with Gasteiger partial charge in [-0.05, 0) is 36.8 Å². The number of nitrogens with one attached hydrogen (secondary N) is 1. The summed E-state index contributed by atoms with van der Waals surface area (Å²) < 4.78 is 79.4. The van der Waals surface area contributed by atoms with Crippen molar-refractivity contribution in [3.05, 3.63) is 46.7 Å². The van der Waals surface area contributed by atoms with Gasteiger partial charge in [-0.2, -0.15) is 13.2 Å². The van der Waals surface area contributed by atoms with Gasteiger partial charge in [0.1, 0.15) is 12.4 Å². The molecule has 0 atom stereocenters. The van der Waals surface area contributed by atoms with Crippen LogP contribution in [0.15, 0.2) is 35.2 Å². The smallest absolute Gasteiger partial charge is 0.487 e. The summed E-state index contributed by atoms with van der Waals surface area (Å²) in [4.78, 5) is 11.0. The maximum Gasteiger partial charge on any atom is 0.490 e. The Hall–Kier alpha value is -2.77. The van der Waals surface area contributed by atoms with Crippen LogP contribution in [-0.4, -0.2) is 65.0 Å². The number of rotatable bonds is 3. The monoisotopic (exact) mass is 539 g/mol. The molecule has 0 aromatic heterocycles. The number of carboxylic acids is 1. The Balaban J connectivity index is 0.000000429. The summed E-state index contributed by atoms with van der Waals surface area (Å²) in [5, 5.41) is 10.8. The van der Waals surface area contributed by atoms with Crippen LogP contribution < -0.4 is 19.3 Å². The lowest BCUT2D eigenvalue weighted by Gasteiger charge is -2.36. The number of hydrogen-bond donors (Lipinski definition) is 2. The Kier molecular flexibility index (Phi) is 8.02. The molecule has 0 amide bonds. The molecule has 8 nitrogen and oxygen atoms in total. The van der Waals surface area contributed by atoms with E-state index < -0.39 is 28.0 Å². The highest BCUT2D eigenvalue weighted by Gasteiger charge is 2.38. The van der Waals surface area contributed by atoms with Crippen molar-refractivity contribution in [3.63, 3.8) is 0 Å². The number of carbonyl (C=O) groups is 1. The SMILES string of the molecule is Cc1ccc(F)cc1S(=O)(=O)N1CCOc2c(N3CCNCC3)cc(Cl)cc21.O=C(O)C(F)(F)F. The number of halogens is 5. The van der Waals surface area contributed by atoms with Crippen molar-refractivity contribution in [2.24, 2.45) is 0 Å². The largest absolute Gasteiger partial charge is 0.490 e. The summed E-state index contributed by atoms with van der Waals surface area (Å²) in [6.07, 6.45) is -5.08. The second kappa shape index (κ2) is 10.5. The van der Waals surface area contributed by atoms with E-state index in [4.69, 9.17) is 26.2 Å². The lowest BCUT2D eigenvalue weighted by molar-refractivity contribution is -0.192. The van der Waals surface area contributed by atoms with Gasteiger partial charge in [-0.3, -0.25) is 4.31 Å². The molecule has 4 rings (SSSR count). The molecule has 35 heavy (non-hydrogen) atoms. The minimum atomic E-state index is -5.08. The summed E-state index contributed by atoms with van der Waals surface area (Å²) in [7, 11) is -3.97. The molecule has 0 unspecified atom stereocenters. The average molecular weight is 540 g/mol. The maximum atomic E-state index is 13.8. The molecule has 0 spiro atoms. The first-order valence-corrected chi connectivity index (χ1v) is 12.1. The van der Waals surface area contributed by atoms with Crippen molar-refractivity contribution in [1.82, 2.24) is 5.32 Å². The molecule has 0 radical (unpaired) electrons. The third-order valence-electron chi connectivity index (χ3n) is 5.24. The Morgan fingerprint density at radius 3 is 2.31 bits per heavy atom. The number of ether oxygens (including phenoxy) is 1. The number of anilines is 2. The van der Waals surface area contributed by atoms with E-state index in [1.165, 1.54) is 16.4 Å². The van der Waals surface area contributed by atoms with Gasteiger partial charge in [-0.1, -0.05) is 17.7 Å². The van der Waals surface area contributed by atoms with E-state index >= 15 is 0 Å². The number of aryl methyl sites for hydroxylation is 1. The average Bonchev–Trinajstić information content (AvgIpc) is 2.80. The molecule has 0 aliphatic carbocycles. The van der Waals surface area contributed by atoms with Gasteiger partial charge >= 0.3 is 12.1 Å². The number of nitrogens with zero attached hydrogens (tertiary/aromatic N) is 2. The van der Waals surface area contributed by atoms with E-state index in [9.17, 15) is 26.0 Å². The van der Waals surface area contributed by atoms with E-state index in [1.807, 2.05) is 0 Å². The van der Waals surface area contributed by atoms with Gasteiger partial charge in [0.05, 0.1) is 22.8 Å². The number of sulfonamides is 1. The van der Waals surface area contributed by atoms with E-state index in [-0.39, 0.29) is 18.0 Å². The third-order valence-corrected chi connectivity index (χ3v) is 7.42. The van der Waals surface area contributed by atoms with Crippen molar-refractivity contribution in [3.8, 4) is 5.75 Å². The number of fused-ring (bicyclic) bond motifs is 1. The highest BCUT2D eigenvalue weighted by molar-refractivity contribution is 7.92. The van der Waals surface area contributed by atoms with Gasteiger partial charge in [-0.15, -0.1) is 0 Å². The van der Waals surface area contributed by atoms with Crippen molar-refractivity contribution < 1.29 is 40.6 Å². The molecule has 2 aliphatic rings. The first kappa shape index (κ1) is 26.8. The molecular formula is C21H22ClF4N3O5S. The molecule has 2 aromatic rings. The van der Waals surface area contributed by atoms with Crippen LogP contribution in [0.25, 0.3) is 0 Å². The maximum absolute atomic E-state index is 13.8. The fraction of sp³-hybridized carbons (Fsp3) is 0.381. The van der Waals surface area contributed by atoms with Crippen LogP contribution in [0, 0.1) is 12.7 Å². The van der Waals surface area contributed by atoms with Gasteiger partial charge in [0, 0.05) is 31.2 Å².